The van der Waals surface area contributed by atoms with Crippen LogP contribution in [-0.4, -0.2) is 36.7 Å². The Morgan fingerprint density at radius 3 is 2.89 bits per heavy atom. The Labute approximate surface area is 128 Å². The normalized spacial score (nSPS) is 26.6. The Balaban J connectivity index is 2.23. The monoisotopic (exact) mass is 346 g/mol. The van der Waals surface area contributed by atoms with Crippen molar-refractivity contribution >= 4 is 27.3 Å². The van der Waals surface area contributed by atoms with Gasteiger partial charge in [-0.2, -0.15) is 0 Å². The van der Waals surface area contributed by atoms with Crippen LogP contribution in [-0.2, 0) is 4.74 Å². The van der Waals surface area contributed by atoms with Crippen LogP contribution < -0.4 is 5.73 Å². The van der Waals surface area contributed by atoms with Crippen molar-refractivity contribution in [3.05, 3.63) is 20.3 Å². The molecule has 2 rings (SSSR count). The van der Waals surface area contributed by atoms with E-state index in [1.54, 1.807) is 0 Å². The molecular formula is C14H23BrN2OS. The average molecular weight is 347 g/mol. The third-order valence-corrected chi connectivity index (χ3v) is 6.05. The van der Waals surface area contributed by atoms with Gasteiger partial charge in [-0.05, 0) is 42.3 Å². The average Bonchev–Trinajstić information content (AvgIpc) is 2.70. The number of rotatable bonds is 4. The third-order valence-electron chi connectivity index (χ3n) is 3.81. The maximum Gasteiger partial charge on any atom is 0.0675 e. The van der Waals surface area contributed by atoms with Crippen molar-refractivity contribution in [2.24, 2.45) is 5.73 Å². The van der Waals surface area contributed by atoms with Crippen molar-refractivity contribution in [3.8, 4) is 0 Å². The zero-order valence-electron chi connectivity index (χ0n) is 11.9. The molecule has 2 N–H and O–H groups in total. The number of thiophene rings is 1. The van der Waals surface area contributed by atoms with E-state index >= 15 is 0 Å². The summed E-state index contributed by atoms with van der Waals surface area (Å²) in [6.45, 7) is 8.96. The highest BCUT2D eigenvalue weighted by molar-refractivity contribution is 9.10. The van der Waals surface area contributed by atoms with Gasteiger partial charge in [-0.15, -0.1) is 11.3 Å². The van der Waals surface area contributed by atoms with E-state index in [0.29, 0.717) is 24.7 Å². The molecule has 3 unspecified atom stereocenters. The Morgan fingerprint density at radius 2 is 2.37 bits per heavy atom. The summed E-state index contributed by atoms with van der Waals surface area (Å²) >= 11 is 5.45. The van der Waals surface area contributed by atoms with Gasteiger partial charge >= 0.3 is 0 Å². The highest BCUT2D eigenvalue weighted by Crippen LogP contribution is 2.35. The molecule has 0 saturated carbocycles. The summed E-state index contributed by atoms with van der Waals surface area (Å²) in [4.78, 5) is 5.22. The Morgan fingerprint density at radius 1 is 1.63 bits per heavy atom. The number of morpholine rings is 1. The summed E-state index contributed by atoms with van der Waals surface area (Å²) in [6, 6.07) is 3.02. The summed E-state index contributed by atoms with van der Waals surface area (Å²) in [7, 11) is 0. The van der Waals surface area contributed by atoms with Crippen molar-refractivity contribution < 1.29 is 4.74 Å². The second-order valence-electron chi connectivity index (χ2n) is 5.21. The van der Waals surface area contributed by atoms with Crippen LogP contribution in [0.1, 0.15) is 36.1 Å². The lowest BCUT2D eigenvalue weighted by atomic mass is 10.1. The Bertz CT molecular complexity index is 404. The maximum atomic E-state index is 6.07. The highest BCUT2D eigenvalue weighted by atomic mass is 79.9. The van der Waals surface area contributed by atoms with Gasteiger partial charge in [-0.1, -0.05) is 6.92 Å². The maximum absolute atomic E-state index is 6.07. The van der Waals surface area contributed by atoms with Gasteiger partial charge in [0.1, 0.15) is 0 Å². The second-order valence-corrected chi connectivity index (χ2v) is 7.35. The van der Waals surface area contributed by atoms with Crippen molar-refractivity contribution in [1.29, 1.82) is 0 Å². The molecule has 1 saturated heterocycles. The van der Waals surface area contributed by atoms with E-state index in [2.05, 4.69) is 47.7 Å². The molecule has 3 nitrogen and oxygen atoms in total. The molecule has 0 aliphatic carbocycles. The lowest BCUT2D eigenvalue weighted by molar-refractivity contribution is -0.0714. The largest absolute Gasteiger partial charge is 0.376 e. The van der Waals surface area contributed by atoms with E-state index < -0.39 is 0 Å². The van der Waals surface area contributed by atoms with Crippen molar-refractivity contribution in [3.63, 3.8) is 0 Å². The smallest absolute Gasteiger partial charge is 0.0675 e. The van der Waals surface area contributed by atoms with Crippen LogP contribution in [0.5, 0.6) is 0 Å². The number of aryl methyl sites for hydroxylation is 1. The number of nitrogens with two attached hydrogens (primary N) is 1. The molecule has 5 heteroatoms. The first-order valence-corrected chi connectivity index (χ1v) is 8.51. The Kier molecular flexibility index (Phi) is 5.43. The topological polar surface area (TPSA) is 38.5 Å². The molecule has 3 atom stereocenters. The van der Waals surface area contributed by atoms with E-state index in [1.165, 1.54) is 14.2 Å². The molecule has 1 aromatic rings. The minimum Gasteiger partial charge on any atom is -0.376 e. The van der Waals surface area contributed by atoms with E-state index in [4.69, 9.17) is 10.5 Å². The standard InChI is InChI=1S/C14H23BrN2OS/c1-4-11-8-18-9(2)7-17(11)13(6-16)14-5-12(15)10(3)19-14/h5,9,11,13H,4,6-8,16H2,1-3H3. The van der Waals surface area contributed by atoms with Crippen molar-refractivity contribution in [2.45, 2.75) is 45.4 Å². The molecule has 1 aliphatic rings. The summed E-state index contributed by atoms with van der Waals surface area (Å²) in [6.07, 6.45) is 1.40. The van der Waals surface area contributed by atoms with Crippen LogP contribution in [0, 0.1) is 6.92 Å². The molecule has 1 aromatic heterocycles. The van der Waals surface area contributed by atoms with Crippen molar-refractivity contribution in [1.82, 2.24) is 4.90 Å². The van der Waals surface area contributed by atoms with Crippen LogP contribution in [0.3, 0.4) is 0 Å². The summed E-state index contributed by atoms with van der Waals surface area (Å²) < 4.78 is 6.98. The van der Waals surface area contributed by atoms with Gasteiger partial charge in [0.15, 0.2) is 0 Å². The van der Waals surface area contributed by atoms with E-state index in [9.17, 15) is 0 Å². The van der Waals surface area contributed by atoms with Crippen LogP contribution in [0.15, 0.2) is 10.5 Å². The van der Waals surface area contributed by atoms with Gasteiger partial charge in [0.05, 0.1) is 18.8 Å². The fourth-order valence-corrected chi connectivity index (χ4v) is 4.36. The van der Waals surface area contributed by atoms with Crippen LogP contribution >= 0.6 is 27.3 Å². The van der Waals surface area contributed by atoms with Crippen molar-refractivity contribution in [2.75, 3.05) is 19.7 Å². The molecular weight excluding hydrogens is 324 g/mol. The fourth-order valence-electron chi connectivity index (χ4n) is 2.66. The first kappa shape index (κ1) is 15.4. The molecule has 19 heavy (non-hydrogen) atoms. The second kappa shape index (κ2) is 6.68. The molecule has 0 radical (unpaired) electrons. The molecule has 0 spiro atoms. The third kappa shape index (κ3) is 3.39. The summed E-state index contributed by atoms with van der Waals surface area (Å²) in [5, 5.41) is 0. The predicted octanol–water partition coefficient (Wildman–Crippen LogP) is 3.32. The lowest BCUT2D eigenvalue weighted by Gasteiger charge is -2.42. The number of nitrogens with zero attached hydrogens (tertiary/aromatic N) is 1. The van der Waals surface area contributed by atoms with E-state index in [0.717, 1.165) is 19.6 Å². The van der Waals surface area contributed by atoms with Crippen LogP contribution in [0.2, 0.25) is 0 Å². The van der Waals surface area contributed by atoms with Gasteiger partial charge in [-0.25, -0.2) is 0 Å². The highest BCUT2D eigenvalue weighted by Gasteiger charge is 2.32. The molecule has 108 valence electrons. The summed E-state index contributed by atoms with van der Waals surface area (Å²) in [5.41, 5.74) is 6.07. The number of ether oxygens (including phenoxy) is 1. The first-order chi connectivity index (χ1) is 9.06. The molecule has 1 fully saturated rings. The first-order valence-electron chi connectivity index (χ1n) is 6.90. The number of hydrogen-bond acceptors (Lipinski definition) is 4. The van der Waals surface area contributed by atoms with Gasteiger partial charge in [0.2, 0.25) is 0 Å². The van der Waals surface area contributed by atoms with Crippen LogP contribution in [0.4, 0.5) is 0 Å². The lowest BCUT2D eigenvalue weighted by Crippen LogP contribution is -2.51. The number of halogens is 1. The van der Waals surface area contributed by atoms with Gasteiger partial charge in [-0.3, -0.25) is 4.90 Å². The quantitative estimate of drug-likeness (QED) is 0.908. The summed E-state index contributed by atoms with van der Waals surface area (Å²) in [5.74, 6) is 0. The zero-order chi connectivity index (χ0) is 14.0. The minimum absolute atomic E-state index is 0.293. The Hall–Kier alpha value is 0.0600. The minimum atomic E-state index is 0.293. The molecule has 1 aliphatic heterocycles. The zero-order valence-corrected chi connectivity index (χ0v) is 14.3. The predicted molar refractivity (Wildman–Crippen MR) is 84.8 cm³/mol. The van der Waals surface area contributed by atoms with Gasteiger partial charge < -0.3 is 10.5 Å². The fraction of sp³-hybridized carbons (Fsp3) is 0.714. The molecule has 0 amide bonds. The molecule has 2 heterocycles. The number of hydrogen-bond donors (Lipinski definition) is 1. The van der Waals surface area contributed by atoms with Gasteiger partial charge in [0.25, 0.3) is 0 Å². The SMILES string of the molecule is CCC1COC(C)CN1C(CN)c1cc(Br)c(C)s1. The molecule has 0 aromatic carbocycles. The van der Waals surface area contributed by atoms with Crippen LogP contribution in [0.25, 0.3) is 0 Å². The van der Waals surface area contributed by atoms with E-state index in [1.807, 2.05) is 11.3 Å². The molecule has 0 bridgehead atoms. The van der Waals surface area contributed by atoms with E-state index in [-0.39, 0.29) is 0 Å². The van der Waals surface area contributed by atoms with Gasteiger partial charge in [0, 0.05) is 33.4 Å².